The zero-order valence-electron chi connectivity index (χ0n) is 16.2. The van der Waals surface area contributed by atoms with Gasteiger partial charge in [-0.25, -0.2) is 4.98 Å². The topological polar surface area (TPSA) is 76.4 Å². The number of rotatable bonds is 6. The number of hydrogen-bond acceptors (Lipinski definition) is 6. The summed E-state index contributed by atoms with van der Waals surface area (Å²) in [5.41, 5.74) is 3.33. The molecule has 29 heavy (non-hydrogen) atoms. The number of fused-ring (bicyclic) bond motifs is 1. The van der Waals surface area contributed by atoms with Crippen LogP contribution < -0.4 is 15.6 Å². The Hall–Kier alpha value is -3.16. The summed E-state index contributed by atoms with van der Waals surface area (Å²) < 4.78 is 7.38. The lowest BCUT2D eigenvalue weighted by atomic mass is 10.1. The first-order valence-corrected chi connectivity index (χ1v) is 9.99. The van der Waals surface area contributed by atoms with Crippen LogP contribution in [0.3, 0.4) is 0 Å². The summed E-state index contributed by atoms with van der Waals surface area (Å²) >= 11 is 1.40. The zero-order valence-corrected chi connectivity index (χ0v) is 17.0. The second-order valence-corrected chi connectivity index (χ2v) is 7.70. The Bertz CT molecular complexity index is 1230. The fourth-order valence-corrected chi connectivity index (χ4v) is 4.34. The molecule has 4 rings (SSSR count). The van der Waals surface area contributed by atoms with Crippen molar-refractivity contribution >= 4 is 27.5 Å². The van der Waals surface area contributed by atoms with E-state index in [9.17, 15) is 9.90 Å². The van der Waals surface area contributed by atoms with Gasteiger partial charge in [0.2, 0.25) is 5.95 Å². The number of methoxy groups -OCH3 is 1. The number of aromatic nitrogens is 2. The van der Waals surface area contributed by atoms with Crippen LogP contribution in [-0.4, -0.2) is 21.8 Å². The minimum atomic E-state index is -0.0964. The molecule has 0 atom stereocenters. The first-order valence-electron chi connectivity index (χ1n) is 9.17. The minimum Gasteiger partial charge on any atom is -0.497 e. The van der Waals surface area contributed by atoms with Gasteiger partial charge in [0.15, 0.2) is 0 Å². The van der Waals surface area contributed by atoms with E-state index in [1.165, 1.54) is 15.9 Å². The summed E-state index contributed by atoms with van der Waals surface area (Å²) in [6, 6.07) is 17.3. The van der Waals surface area contributed by atoms with Crippen molar-refractivity contribution in [2.24, 2.45) is 7.05 Å². The molecule has 0 aliphatic carbocycles. The van der Waals surface area contributed by atoms with Gasteiger partial charge in [-0.1, -0.05) is 36.4 Å². The van der Waals surface area contributed by atoms with Gasteiger partial charge in [-0.2, -0.15) is 0 Å². The number of nitrogens with zero attached hydrogens (tertiary/aromatic N) is 2. The number of anilines is 1. The Morgan fingerprint density at radius 2 is 2.00 bits per heavy atom. The Morgan fingerprint density at radius 3 is 2.79 bits per heavy atom. The highest BCUT2D eigenvalue weighted by molar-refractivity contribution is 7.22. The van der Waals surface area contributed by atoms with Crippen LogP contribution in [-0.2, 0) is 20.2 Å². The third-order valence-corrected chi connectivity index (χ3v) is 5.94. The Labute approximate surface area is 172 Å². The van der Waals surface area contributed by atoms with Crippen molar-refractivity contribution in [3.63, 3.8) is 0 Å². The standard InChI is InChI=1S/C22H21N3O3S/c1-25-21(27)20-18(11-19(29-20)17-9-4-3-7-15(17)13-26)24-22(25)23-12-14-6-5-8-16(10-14)28-2/h3-11,26H,12-13H2,1-2H3,(H,23,24). The fourth-order valence-electron chi connectivity index (χ4n) is 3.21. The first kappa shape index (κ1) is 19.2. The van der Waals surface area contributed by atoms with E-state index in [1.54, 1.807) is 14.2 Å². The summed E-state index contributed by atoms with van der Waals surface area (Å²) in [6.45, 7) is 0.469. The zero-order chi connectivity index (χ0) is 20.4. The van der Waals surface area contributed by atoms with Crippen molar-refractivity contribution in [2.45, 2.75) is 13.2 Å². The van der Waals surface area contributed by atoms with Crippen molar-refractivity contribution in [2.75, 3.05) is 12.4 Å². The average molecular weight is 407 g/mol. The molecule has 2 heterocycles. The second-order valence-electron chi connectivity index (χ2n) is 6.64. The predicted molar refractivity (Wildman–Crippen MR) is 117 cm³/mol. The maximum atomic E-state index is 12.9. The number of aliphatic hydroxyl groups excluding tert-OH is 1. The molecule has 7 heteroatoms. The molecule has 0 aliphatic heterocycles. The van der Waals surface area contributed by atoms with Crippen LogP contribution in [0.5, 0.6) is 5.75 Å². The van der Waals surface area contributed by atoms with E-state index in [0.29, 0.717) is 22.7 Å². The van der Waals surface area contributed by atoms with Gasteiger partial charge in [0.05, 0.1) is 19.2 Å². The van der Waals surface area contributed by atoms with Crippen LogP contribution in [0, 0.1) is 0 Å². The molecule has 0 unspecified atom stereocenters. The molecule has 0 fully saturated rings. The van der Waals surface area contributed by atoms with E-state index in [1.807, 2.05) is 54.6 Å². The maximum Gasteiger partial charge on any atom is 0.272 e. The molecule has 2 aromatic heterocycles. The molecule has 4 aromatic rings. The van der Waals surface area contributed by atoms with Crippen molar-refractivity contribution in [1.29, 1.82) is 0 Å². The third kappa shape index (κ3) is 3.74. The van der Waals surface area contributed by atoms with E-state index in [4.69, 9.17) is 4.74 Å². The largest absolute Gasteiger partial charge is 0.497 e. The van der Waals surface area contributed by atoms with Gasteiger partial charge in [0.1, 0.15) is 10.4 Å². The van der Waals surface area contributed by atoms with E-state index in [-0.39, 0.29) is 12.2 Å². The second kappa shape index (κ2) is 8.06. The molecule has 2 aromatic carbocycles. The molecule has 0 saturated carbocycles. The quantitative estimate of drug-likeness (QED) is 0.509. The van der Waals surface area contributed by atoms with Crippen LogP contribution in [0.4, 0.5) is 5.95 Å². The number of hydrogen-bond donors (Lipinski definition) is 2. The van der Waals surface area contributed by atoms with Gasteiger partial charge in [-0.3, -0.25) is 9.36 Å². The van der Waals surface area contributed by atoms with Crippen molar-refractivity contribution in [3.8, 4) is 16.2 Å². The van der Waals surface area contributed by atoms with Crippen molar-refractivity contribution in [1.82, 2.24) is 9.55 Å². The lowest BCUT2D eigenvalue weighted by Crippen LogP contribution is -2.21. The number of ether oxygens (including phenoxy) is 1. The Kier molecular flexibility index (Phi) is 5.33. The fraction of sp³-hybridized carbons (Fsp3) is 0.182. The maximum absolute atomic E-state index is 12.9. The van der Waals surface area contributed by atoms with E-state index < -0.39 is 0 Å². The lowest BCUT2D eigenvalue weighted by molar-refractivity contribution is 0.282. The monoisotopic (exact) mass is 407 g/mol. The average Bonchev–Trinajstić information content (AvgIpc) is 3.19. The van der Waals surface area contributed by atoms with E-state index >= 15 is 0 Å². The minimum absolute atomic E-state index is 0.0524. The highest BCUT2D eigenvalue weighted by Gasteiger charge is 2.14. The summed E-state index contributed by atoms with van der Waals surface area (Å²) in [4.78, 5) is 18.5. The van der Waals surface area contributed by atoms with Gasteiger partial charge < -0.3 is 15.2 Å². The van der Waals surface area contributed by atoms with Gasteiger partial charge in [0, 0.05) is 18.5 Å². The normalized spacial score (nSPS) is 11.0. The van der Waals surface area contributed by atoms with Gasteiger partial charge in [-0.15, -0.1) is 11.3 Å². The molecule has 0 saturated heterocycles. The number of nitrogens with one attached hydrogen (secondary N) is 1. The number of benzene rings is 2. The van der Waals surface area contributed by atoms with Crippen LogP contribution in [0.25, 0.3) is 20.7 Å². The highest BCUT2D eigenvalue weighted by atomic mass is 32.1. The lowest BCUT2D eigenvalue weighted by Gasteiger charge is -2.10. The number of aliphatic hydroxyl groups is 1. The molecule has 6 nitrogen and oxygen atoms in total. The van der Waals surface area contributed by atoms with Crippen LogP contribution in [0.15, 0.2) is 59.4 Å². The first-order chi connectivity index (χ1) is 14.1. The van der Waals surface area contributed by atoms with Gasteiger partial charge in [-0.05, 0) is 34.9 Å². The summed E-state index contributed by atoms with van der Waals surface area (Å²) in [7, 11) is 3.35. The summed E-state index contributed by atoms with van der Waals surface area (Å²) in [5, 5.41) is 12.9. The van der Waals surface area contributed by atoms with E-state index in [0.717, 1.165) is 27.3 Å². The van der Waals surface area contributed by atoms with Crippen LogP contribution in [0.1, 0.15) is 11.1 Å². The third-order valence-electron chi connectivity index (χ3n) is 4.79. The SMILES string of the molecule is COc1cccc(CNc2nc3cc(-c4ccccc4CO)sc3c(=O)n2C)c1. The Morgan fingerprint density at radius 1 is 1.17 bits per heavy atom. The van der Waals surface area contributed by atoms with E-state index in [2.05, 4.69) is 10.3 Å². The molecular weight excluding hydrogens is 386 g/mol. The molecule has 0 bridgehead atoms. The molecule has 0 radical (unpaired) electrons. The molecule has 148 valence electrons. The Balaban J connectivity index is 1.69. The van der Waals surface area contributed by atoms with Crippen molar-refractivity contribution < 1.29 is 9.84 Å². The van der Waals surface area contributed by atoms with Gasteiger partial charge >= 0.3 is 0 Å². The van der Waals surface area contributed by atoms with Crippen molar-refractivity contribution in [3.05, 3.63) is 76.1 Å². The van der Waals surface area contributed by atoms with Gasteiger partial charge in [0.25, 0.3) is 5.56 Å². The highest BCUT2D eigenvalue weighted by Crippen LogP contribution is 2.33. The van der Waals surface area contributed by atoms with Crippen LogP contribution in [0.2, 0.25) is 0 Å². The molecular formula is C22H21N3O3S. The molecule has 2 N–H and O–H groups in total. The summed E-state index contributed by atoms with van der Waals surface area (Å²) in [5.74, 6) is 1.29. The molecule has 0 spiro atoms. The summed E-state index contributed by atoms with van der Waals surface area (Å²) in [6.07, 6.45) is 0. The van der Waals surface area contributed by atoms with Crippen LogP contribution >= 0.6 is 11.3 Å². The molecule has 0 aliphatic rings. The number of thiophene rings is 1. The smallest absolute Gasteiger partial charge is 0.272 e. The predicted octanol–water partition coefficient (Wildman–Crippen LogP) is 3.78. The molecule has 0 amide bonds.